The summed E-state index contributed by atoms with van der Waals surface area (Å²) in [5, 5.41) is 19.3. The van der Waals surface area contributed by atoms with Crippen molar-refractivity contribution in [1.82, 2.24) is 30.3 Å². The minimum atomic E-state index is 0.422. The molecule has 1 aliphatic heterocycles. The van der Waals surface area contributed by atoms with Gasteiger partial charge in [-0.3, -0.25) is 5.10 Å². The first-order valence-electron chi connectivity index (χ1n) is 7.29. The molecule has 108 valence electrons. The zero-order valence-electron chi connectivity index (χ0n) is 12.3. The molecule has 0 radical (unpaired) electrons. The van der Waals surface area contributed by atoms with Gasteiger partial charge in [0.2, 0.25) is 0 Å². The van der Waals surface area contributed by atoms with E-state index in [4.69, 9.17) is 0 Å². The van der Waals surface area contributed by atoms with E-state index in [-0.39, 0.29) is 0 Å². The second-order valence-corrected chi connectivity index (χ2v) is 5.88. The topological polar surface area (TPSA) is 71.4 Å². The number of hydrogen-bond acceptors (Lipinski definition) is 4. The maximum absolute atomic E-state index is 4.33. The van der Waals surface area contributed by atoms with E-state index in [9.17, 15) is 0 Å². The predicted molar refractivity (Wildman–Crippen MR) is 76.4 cm³/mol. The molecule has 0 spiro atoms. The Bertz CT molecular complexity index is 582. The summed E-state index contributed by atoms with van der Waals surface area (Å²) in [6.07, 6.45) is 4.02. The summed E-state index contributed by atoms with van der Waals surface area (Å²) < 4.78 is 2.29. The molecule has 0 bridgehead atoms. The smallest absolute Gasteiger partial charge is 0.135 e. The Labute approximate surface area is 119 Å². The Morgan fingerprint density at radius 3 is 3.00 bits per heavy atom. The lowest BCUT2D eigenvalue weighted by molar-refractivity contribution is 0.370. The van der Waals surface area contributed by atoms with Gasteiger partial charge in [-0.25, -0.2) is 0 Å². The fourth-order valence-corrected chi connectivity index (χ4v) is 2.75. The van der Waals surface area contributed by atoms with Crippen molar-refractivity contribution in [2.75, 3.05) is 0 Å². The van der Waals surface area contributed by atoms with Crippen molar-refractivity contribution >= 4 is 0 Å². The minimum Gasteiger partial charge on any atom is -0.313 e. The van der Waals surface area contributed by atoms with E-state index in [1.165, 1.54) is 5.56 Å². The molecule has 0 saturated carbocycles. The molecule has 1 atom stereocenters. The number of hydrogen-bond donors (Lipinski definition) is 2. The number of aromatic nitrogens is 5. The fourth-order valence-electron chi connectivity index (χ4n) is 2.75. The van der Waals surface area contributed by atoms with Gasteiger partial charge in [0.1, 0.15) is 11.6 Å². The molecule has 3 heterocycles. The quantitative estimate of drug-likeness (QED) is 0.887. The van der Waals surface area contributed by atoms with E-state index in [1.807, 2.05) is 6.20 Å². The van der Waals surface area contributed by atoms with Gasteiger partial charge < -0.3 is 9.88 Å². The summed E-state index contributed by atoms with van der Waals surface area (Å²) in [4.78, 5) is 0. The zero-order valence-corrected chi connectivity index (χ0v) is 12.3. The van der Waals surface area contributed by atoms with Crippen LogP contribution in [0.2, 0.25) is 0 Å². The van der Waals surface area contributed by atoms with Crippen LogP contribution < -0.4 is 5.32 Å². The number of H-pyrrole nitrogens is 1. The number of rotatable bonds is 4. The largest absolute Gasteiger partial charge is 0.313 e. The van der Waals surface area contributed by atoms with Crippen molar-refractivity contribution in [2.24, 2.45) is 0 Å². The second-order valence-electron chi connectivity index (χ2n) is 5.88. The van der Waals surface area contributed by atoms with E-state index in [0.29, 0.717) is 12.0 Å². The van der Waals surface area contributed by atoms with E-state index >= 15 is 0 Å². The fraction of sp³-hybridized carbons (Fsp3) is 0.643. The molecule has 0 unspecified atom stereocenters. The molecule has 1 aliphatic rings. The van der Waals surface area contributed by atoms with Gasteiger partial charge in [-0.15, -0.1) is 10.2 Å². The lowest BCUT2D eigenvalue weighted by Crippen LogP contribution is -2.37. The maximum Gasteiger partial charge on any atom is 0.135 e. The Morgan fingerprint density at radius 2 is 2.30 bits per heavy atom. The molecule has 2 N–H and O–H groups in total. The molecule has 20 heavy (non-hydrogen) atoms. The Hall–Kier alpha value is -1.69. The van der Waals surface area contributed by atoms with Gasteiger partial charge in [0.25, 0.3) is 0 Å². The van der Waals surface area contributed by atoms with Crippen molar-refractivity contribution in [3.8, 4) is 0 Å². The first-order chi connectivity index (χ1) is 9.65. The van der Waals surface area contributed by atoms with Crippen LogP contribution in [0.4, 0.5) is 0 Å². The molecule has 3 rings (SSSR count). The first kappa shape index (κ1) is 13.3. The van der Waals surface area contributed by atoms with Gasteiger partial charge in [0.05, 0.1) is 6.20 Å². The number of fused-ring (bicyclic) bond motifs is 1. The SMILES string of the molecule is Cc1[nH]ncc1CN[C@H]1CCc2nnc(C(C)C)n2C1. The summed E-state index contributed by atoms with van der Waals surface area (Å²) in [5.74, 6) is 2.66. The van der Waals surface area contributed by atoms with Gasteiger partial charge in [0.15, 0.2) is 0 Å². The molecule has 0 amide bonds. The van der Waals surface area contributed by atoms with Crippen LogP contribution in [0.1, 0.15) is 49.1 Å². The third-order valence-corrected chi connectivity index (χ3v) is 4.01. The van der Waals surface area contributed by atoms with Crippen LogP contribution in [-0.4, -0.2) is 31.0 Å². The van der Waals surface area contributed by atoms with Gasteiger partial charge in [0, 0.05) is 42.7 Å². The number of nitrogens with one attached hydrogen (secondary N) is 2. The Balaban J connectivity index is 1.66. The van der Waals surface area contributed by atoms with Crippen LogP contribution in [-0.2, 0) is 19.5 Å². The van der Waals surface area contributed by atoms with Crippen LogP contribution in [0, 0.1) is 6.92 Å². The van der Waals surface area contributed by atoms with Crippen molar-refractivity contribution in [1.29, 1.82) is 0 Å². The van der Waals surface area contributed by atoms with Gasteiger partial charge >= 0.3 is 0 Å². The number of aromatic amines is 1. The Morgan fingerprint density at radius 1 is 1.45 bits per heavy atom. The second kappa shape index (κ2) is 5.36. The molecule has 6 heteroatoms. The summed E-state index contributed by atoms with van der Waals surface area (Å²) in [5.41, 5.74) is 2.38. The monoisotopic (exact) mass is 274 g/mol. The van der Waals surface area contributed by atoms with Crippen LogP contribution in [0.5, 0.6) is 0 Å². The molecule has 0 fully saturated rings. The molecule has 0 aliphatic carbocycles. The van der Waals surface area contributed by atoms with Crippen molar-refractivity contribution < 1.29 is 0 Å². The minimum absolute atomic E-state index is 0.422. The molecular formula is C14H22N6. The van der Waals surface area contributed by atoms with Gasteiger partial charge in [-0.05, 0) is 13.3 Å². The maximum atomic E-state index is 4.33. The number of nitrogens with zero attached hydrogens (tertiary/aromatic N) is 4. The molecule has 0 aromatic carbocycles. The van der Waals surface area contributed by atoms with Crippen molar-refractivity contribution in [3.05, 3.63) is 29.1 Å². The van der Waals surface area contributed by atoms with Crippen molar-refractivity contribution in [2.45, 2.75) is 58.7 Å². The molecular weight excluding hydrogens is 252 g/mol. The van der Waals surface area contributed by atoms with E-state index in [1.54, 1.807) is 0 Å². The summed E-state index contributed by atoms with van der Waals surface area (Å²) in [7, 11) is 0. The van der Waals surface area contributed by atoms with Gasteiger partial charge in [-0.1, -0.05) is 13.8 Å². The third-order valence-electron chi connectivity index (χ3n) is 4.01. The third kappa shape index (κ3) is 2.47. The average Bonchev–Trinajstić information content (AvgIpc) is 3.02. The van der Waals surface area contributed by atoms with Gasteiger partial charge in [-0.2, -0.15) is 5.10 Å². The predicted octanol–water partition coefficient (Wildman–Crippen LogP) is 1.54. The highest BCUT2D eigenvalue weighted by molar-refractivity contribution is 5.14. The molecule has 0 saturated heterocycles. The van der Waals surface area contributed by atoms with E-state index in [0.717, 1.165) is 43.3 Å². The van der Waals surface area contributed by atoms with E-state index < -0.39 is 0 Å². The van der Waals surface area contributed by atoms with Crippen LogP contribution in [0.15, 0.2) is 6.20 Å². The van der Waals surface area contributed by atoms with E-state index in [2.05, 4.69) is 51.0 Å². The highest BCUT2D eigenvalue weighted by atomic mass is 15.3. The van der Waals surface area contributed by atoms with Crippen LogP contribution in [0.25, 0.3) is 0 Å². The lowest BCUT2D eigenvalue weighted by Gasteiger charge is -2.26. The standard InChI is InChI=1S/C14H22N6/c1-9(2)14-19-18-13-5-4-12(8-20(13)14)15-6-11-7-16-17-10(11)3/h7,9,12,15H,4-6,8H2,1-3H3,(H,16,17)/t12-/m0/s1. The van der Waals surface area contributed by atoms with Crippen LogP contribution >= 0.6 is 0 Å². The summed E-state index contributed by atoms with van der Waals surface area (Å²) in [6, 6.07) is 0.477. The summed E-state index contributed by atoms with van der Waals surface area (Å²) in [6.45, 7) is 8.22. The normalized spacial score (nSPS) is 18.5. The molecule has 2 aromatic rings. The van der Waals surface area contributed by atoms with Crippen LogP contribution in [0.3, 0.4) is 0 Å². The lowest BCUT2D eigenvalue weighted by atomic mass is 10.1. The highest BCUT2D eigenvalue weighted by Crippen LogP contribution is 2.20. The Kier molecular flexibility index (Phi) is 3.56. The average molecular weight is 274 g/mol. The number of aryl methyl sites for hydroxylation is 2. The molecule has 2 aromatic heterocycles. The highest BCUT2D eigenvalue weighted by Gasteiger charge is 2.23. The zero-order chi connectivity index (χ0) is 14.1. The molecule has 6 nitrogen and oxygen atoms in total. The first-order valence-corrected chi connectivity index (χ1v) is 7.29. The summed E-state index contributed by atoms with van der Waals surface area (Å²) >= 11 is 0. The van der Waals surface area contributed by atoms with Crippen molar-refractivity contribution in [3.63, 3.8) is 0 Å².